The molecule has 30 heavy (non-hydrogen) atoms. The third kappa shape index (κ3) is 2.94. The van der Waals surface area contributed by atoms with Crippen LogP contribution in [0.4, 0.5) is 0 Å². The van der Waals surface area contributed by atoms with Crippen LogP contribution in [-0.4, -0.2) is 14.5 Å². The predicted molar refractivity (Wildman–Crippen MR) is 124 cm³/mol. The number of hydrogen-bond donors (Lipinski definition) is 1. The number of fused-ring (bicyclic) bond motifs is 2. The summed E-state index contributed by atoms with van der Waals surface area (Å²) in [5.41, 5.74) is 5.78. The van der Waals surface area contributed by atoms with Gasteiger partial charge >= 0.3 is 0 Å². The quantitative estimate of drug-likeness (QED) is 0.432. The van der Waals surface area contributed by atoms with E-state index in [-0.39, 0.29) is 5.56 Å². The first-order chi connectivity index (χ1) is 14.6. The molecule has 0 unspecified atom stereocenters. The van der Waals surface area contributed by atoms with E-state index in [9.17, 15) is 4.79 Å². The van der Waals surface area contributed by atoms with Gasteiger partial charge in [-0.1, -0.05) is 48.5 Å². The highest BCUT2D eigenvalue weighted by molar-refractivity contribution is 5.93. The number of nitrogens with zero attached hydrogens (tertiary/aromatic N) is 2. The molecule has 4 nitrogen and oxygen atoms in total. The van der Waals surface area contributed by atoms with Crippen molar-refractivity contribution in [3.05, 3.63) is 106 Å². The van der Waals surface area contributed by atoms with Gasteiger partial charge in [-0.25, -0.2) is 4.98 Å². The number of hydrogen-bond acceptors (Lipinski definition) is 2. The number of benzene rings is 3. The van der Waals surface area contributed by atoms with Crippen LogP contribution in [0, 0.1) is 13.8 Å². The zero-order valence-electron chi connectivity index (χ0n) is 16.9. The highest BCUT2D eigenvalue weighted by atomic mass is 16.1. The van der Waals surface area contributed by atoms with Crippen molar-refractivity contribution in [1.29, 1.82) is 0 Å². The first-order valence-corrected chi connectivity index (χ1v) is 9.96. The monoisotopic (exact) mass is 391 g/mol. The number of H-pyrrole nitrogens is 1. The second-order valence-electron chi connectivity index (χ2n) is 7.46. The SMILES string of the molecule is Cc1ccccc1-n1c(/C=C/c2c(C)[nH]c3ccccc23)nc2ccccc2c1=O. The van der Waals surface area contributed by atoms with Crippen molar-refractivity contribution in [2.75, 3.05) is 0 Å². The van der Waals surface area contributed by atoms with E-state index in [1.807, 2.05) is 79.7 Å². The predicted octanol–water partition coefficient (Wildman–Crippen LogP) is 5.65. The zero-order chi connectivity index (χ0) is 20.7. The molecule has 1 N–H and O–H groups in total. The maximum Gasteiger partial charge on any atom is 0.266 e. The molecule has 146 valence electrons. The van der Waals surface area contributed by atoms with Crippen LogP contribution in [0.2, 0.25) is 0 Å². The highest BCUT2D eigenvalue weighted by Crippen LogP contribution is 2.24. The Balaban J connectivity index is 1.77. The Labute approximate surface area is 174 Å². The molecule has 5 rings (SSSR count). The molecule has 2 heterocycles. The maximum atomic E-state index is 13.4. The normalized spacial score (nSPS) is 11.7. The topological polar surface area (TPSA) is 50.7 Å². The molecule has 0 saturated carbocycles. The smallest absolute Gasteiger partial charge is 0.266 e. The van der Waals surface area contributed by atoms with Gasteiger partial charge in [-0.05, 0) is 55.8 Å². The van der Waals surface area contributed by atoms with E-state index >= 15 is 0 Å². The average molecular weight is 391 g/mol. The molecule has 0 amide bonds. The van der Waals surface area contributed by atoms with E-state index in [2.05, 4.69) is 24.0 Å². The Bertz CT molecular complexity index is 1490. The molecule has 0 fully saturated rings. The van der Waals surface area contributed by atoms with Crippen LogP contribution in [0.5, 0.6) is 0 Å². The van der Waals surface area contributed by atoms with Gasteiger partial charge in [0.2, 0.25) is 0 Å². The minimum atomic E-state index is -0.0646. The summed E-state index contributed by atoms with van der Waals surface area (Å²) in [4.78, 5) is 21.7. The molecule has 0 bridgehead atoms. The molecule has 3 aromatic carbocycles. The van der Waals surface area contributed by atoms with Crippen LogP contribution >= 0.6 is 0 Å². The largest absolute Gasteiger partial charge is 0.358 e. The van der Waals surface area contributed by atoms with E-state index < -0.39 is 0 Å². The van der Waals surface area contributed by atoms with Crippen LogP contribution in [0.1, 0.15) is 22.6 Å². The molecular weight excluding hydrogens is 370 g/mol. The first-order valence-electron chi connectivity index (χ1n) is 9.96. The summed E-state index contributed by atoms with van der Waals surface area (Å²) in [6.45, 7) is 4.07. The minimum absolute atomic E-state index is 0.0646. The number of aromatic amines is 1. The van der Waals surface area contributed by atoms with Gasteiger partial charge in [0.1, 0.15) is 5.82 Å². The molecule has 2 aromatic heterocycles. The zero-order valence-corrected chi connectivity index (χ0v) is 16.9. The second-order valence-corrected chi connectivity index (χ2v) is 7.46. The summed E-state index contributed by atoms with van der Waals surface area (Å²) < 4.78 is 1.71. The van der Waals surface area contributed by atoms with Gasteiger partial charge in [-0.3, -0.25) is 9.36 Å². The summed E-state index contributed by atoms with van der Waals surface area (Å²) >= 11 is 0. The van der Waals surface area contributed by atoms with Gasteiger partial charge in [0, 0.05) is 22.2 Å². The molecule has 5 aromatic rings. The number of rotatable bonds is 3. The van der Waals surface area contributed by atoms with Gasteiger partial charge in [0.25, 0.3) is 5.56 Å². The van der Waals surface area contributed by atoms with Gasteiger partial charge in [-0.15, -0.1) is 0 Å². The van der Waals surface area contributed by atoms with E-state index in [0.29, 0.717) is 16.7 Å². The fourth-order valence-corrected chi connectivity index (χ4v) is 3.98. The Morgan fingerprint density at radius 2 is 1.53 bits per heavy atom. The van der Waals surface area contributed by atoms with E-state index in [0.717, 1.165) is 33.4 Å². The summed E-state index contributed by atoms with van der Waals surface area (Å²) in [6, 6.07) is 23.6. The van der Waals surface area contributed by atoms with E-state index in [1.54, 1.807) is 4.57 Å². The lowest BCUT2D eigenvalue weighted by molar-refractivity contribution is 0.934. The van der Waals surface area contributed by atoms with Gasteiger partial charge in [0.15, 0.2) is 0 Å². The van der Waals surface area contributed by atoms with E-state index in [4.69, 9.17) is 4.98 Å². The lowest BCUT2D eigenvalue weighted by Crippen LogP contribution is -2.23. The minimum Gasteiger partial charge on any atom is -0.358 e. The van der Waals surface area contributed by atoms with Crippen molar-refractivity contribution in [3.8, 4) is 5.69 Å². The van der Waals surface area contributed by atoms with Crippen LogP contribution in [-0.2, 0) is 0 Å². The van der Waals surface area contributed by atoms with Gasteiger partial charge in [-0.2, -0.15) is 0 Å². The van der Waals surface area contributed by atoms with Crippen molar-refractivity contribution in [1.82, 2.24) is 14.5 Å². The van der Waals surface area contributed by atoms with Crippen LogP contribution in [0.15, 0.2) is 77.6 Å². The molecule has 0 aliphatic rings. The van der Waals surface area contributed by atoms with Crippen molar-refractivity contribution in [3.63, 3.8) is 0 Å². The van der Waals surface area contributed by atoms with Crippen molar-refractivity contribution < 1.29 is 0 Å². The number of nitrogens with one attached hydrogen (secondary N) is 1. The third-order valence-electron chi connectivity index (χ3n) is 5.50. The molecule has 0 radical (unpaired) electrons. The standard InChI is InChI=1S/C26H21N3O/c1-17-9-3-8-14-24(17)29-25(28-23-13-7-5-11-21(23)26(29)30)16-15-19-18(2)27-22-12-6-4-10-20(19)22/h3-16,27H,1-2H3/b16-15+. The number of aromatic nitrogens is 3. The lowest BCUT2D eigenvalue weighted by atomic mass is 10.1. The summed E-state index contributed by atoms with van der Waals surface area (Å²) in [7, 11) is 0. The summed E-state index contributed by atoms with van der Waals surface area (Å²) in [5, 5.41) is 1.76. The summed E-state index contributed by atoms with van der Waals surface area (Å²) in [6.07, 6.45) is 3.97. The van der Waals surface area contributed by atoms with Crippen molar-refractivity contribution >= 4 is 34.0 Å². The Morgan fingerprint density at radius 1 is 0.833 bits per heavy atom. The van der Waals surface area contributed by atoms with E-state index in [1.165, 1.54) is 0 Å². The van der Waals surface area contributed by atoms with Crippen molar-refractivity contribution in [2.24, 2.45) is 0 Å². The lowest BCUT2D eigenvalue weighted by Gasteiger charge is -2.13. The molecule has 0 atom stereocenters. The molecule has 0 aliphatic carbocycles. The Kier molecular flexibility index (Phi) is 4.32. The molecule has 0 aliphatic heterocycles. The maximum absolute atomic E-state index is 13.4. The molecular formula is C26H21N3O. The highest BCUT2D eigenvalue weighted by Gasteiger charge is 2.13. The molecule has 0 saturated heterocycles. The van der Waals surface area contributed by atoms with Crippen LogP contribution < -0.4 is 5.56 Å². The van der Waals surface area contributed by atoms with Gasteiger partial charge < -0.3 is 4.98 Å². The Hall–Kier alpha value is -3.92. The number of aryl methyl sites for hydroxylation is 2. The average Bonchev–Trinajstić information content (AvgIpc) is 3.08. The molecule has 0 spiro atoms. The molecule has 4 heteroatoms. The fraction of sp³-hybridized carbons (Fsp3) is 0.0769. The van der Waals surface area contributed by atoms with Gasteiger partial charge in [0.05, 0.1) is 16.6 Å². The van der Waals surface area contributed by atoms with Crippen LogP contribution in [0.3, 0.4) is 0 Å². The summed E-state index contributed by atoms with van der Waals surface area (Å²) in [5.74, 6) is 0.609. The van der Waals surface area contributed by atoms with Crippen molar-refractivity contribution in [2.45, 2.75) is 13.8 Å². The first kappa shape index (κ1) is 18.1. The fourth-order valence-electron chi connectivity index (χ4n) is 3.98. The Morgan fingerprint density at radius 3 is 2.37 bits per heavy atom. The number of para-hydroxylation sites is 3. The third-order valence-corrected chi connectivity index (χ3v) is 5.50. The van der Waals surface area contributed by atoms with Crippen LogP contribution in [0.25, 0.3) is 39.6 Å². The second kappa shape index (κ2) is 7.16.